The van der Waals surface area contributed by atoms with E-state index in [0.29, 0.717) is 16.7 Å². The molecule has 0 radical (unpaired) electrons. The van der Waals surface area contributed by atoms with Crippen LogP contribution in [-0.2, 0) is 4.74 Å². The lowest BCUT2D eigenvalue weighted by Gasteiger charge is -2.22. The van der Waals surface area contributed by atoms with E-state index in [-0.39, 0.29) is 0 Å². The Labute approximate surface area is 116 Å². The maximum absolute atomic E-state index is 5.25. The second-order valence-electron chi connectivity index (χ2n) is 6.24. The molecule has 18 heavy (non-hydrogen) atoms. The Morgan fingerprint density at radius 3 is 2.78 bits per heavy atom. The van der Waals surface area contributed by atoms with Gasteiger partial charge in [0, 0.05) is 12.4 Å². The van der Waals surface area contributed by atoms with E-state index in [1.165, 1.54) is 12.8 Å². The molecular weight excluding hydrogens is 244 g/mol. The van der Waals surface area contributed by atoms with Gasteiger partial charge in [-0.3, -0.25) is 4.99 Å². The van der Waals surface area contributed by atoms with Crippen molar-refractivity contribution in [2.45, 2.75) is 58.2 Å². The minimum absolute atomic E-state index is 0.387. The van der Waals surface area contributed by atoms with Gasteiger partial charge in [-0.2, -0.15) is 0 Å². The van der Waals surface area contributed by atoms with Crippen LogP contribution in [0, 0.1) is 5.41 Å². The number of hydrogen-bond acceptors (Lipinski definition) is 4. The molecule has 0 fully saturated rings. The smallest absolute Gasteiger partial charge is 0.157 e. The van der Waals surface area contributed by atoms with Crippen LogP contribution in [0.15, 0.2) is 4.99 Å². The van der Waals surface area contributed by atoms with Gasteiger partial charge >= 0.3 is 0 Å². The van der Waals surface area contributed by atoms with Crippen molar-refractivity contribution in [3.63, 3.8) is 0 Å². The molecule has 3 nitrogen and oxygen atoms in total. The zero-order valence-corrected chi connectivity index (χ0v) is 13.3. The van der Waals surface area contributed by atoms with E-state index in [2.05, 4.69) is 38.0 Å². The van der Waals surface area contributed by atoms with E-state index in [4.69, 9.17) is 4.74 Å². The average Bonchev–Trinajstić information content (AvgIpc) is 2.63. The molecule has 2 unspecified atom stereocenters. The molecule has 0 saturated carbocycles. The van der Waals surface area contributed by atoms with Gasteiger partial charge in [-0.15, -0.1) is 0 Å². The first-order valence-corrected chi connectivity index (χ1v) is 7.79. The Hall–Kier alpha value is -0.220. The molecule has 0 aromatic rings. The third-order valence-corrected chi connectivity index (χ3v) is 4.01. The topological polar surface area (TPSA) is 33.6 Å². The van der Waals surface area contributed by atoms with Crippen molar-refractivity contribution in [3.8, 4) is 0 Å². The standard InChI is InChI=1S/C14H28N2OS/c1-6-7-11(10-17-5)16-13-15-9-12(18-13)8-14(2,3)4/h11-12H,6-10H2,1-5H3,(H,15,16). The number of nitrogens with one attached hydrogen (secondary N) is 1. The van der Waals surface area contributed by atoms with Crippen molar-refractivity contribution in [3.05, 3.63) is 0 Å². The summed E-state index contributed by atoms with van der Waals surface area (Å²) in [5.74, 6) is 0. The molecule has 1 rings (SSSR count). The molecule has 4 heteroatoms. The zero-order chi connectivity index (χ0) is 13.6. The minimum Gasteiger partial charge on any atom is -0.383 e. The number of nitrogens with zero attached hydrogens (tertiary/aromatic N) is 1. The Morgan fingerprint density at radius 2 is 2.22 bits per heavy atom. The highest BCUT2D eigenvalue weighted by Crippen LogP contribution is 2.31. The number of aliphatic imine (C=N–C) groups is 1. The van der Waals surface area contributed by atoms with E-state index in [1.807, 2.05) is 11.8 Å². The lowest BCUT2D eigenvalue weighted by Crippen LogP contribution is -2.36. The molecule has 0 saturated heterocycles. The quantitative estimate of drug-likeness (QED) is 0.805. The van der Waals surface area contributed by atoms with Gasteiger partial charge in [0.15, 0.2) is 5.17 Å². The monoisotopic (exact) mass is 272 g/mol. The molecule has 106 valence electrons. The van der Waals surface area contributed by atoms with Gasteiger partial charge in [-0.05, 0) is 18.3 Å². The molecule has 0 aromatic heterocycles. The maximum atomic E-state index is 5.25. The lowest BCUT2D eigenvalue weighted by atomic mass is 9.90. The predicted molar refractivity (Wildman–Crippen MR) is 81.5 cm³/mol. The van der Waals surface area contributed by atoms with Crippen molar-refractivity contribution in [1.82, 2.24) is 5.32 Å². The van der Waals surface area contributed by atoms with Crippen LogP contribution in [0.25, 0.3) is 0 Å². The normalized spacial score (nSPS) is 21.8. The van der Waals surface area contributed by atoms with E-state index in [1.54, 1.807) is 7.11 Å². The fourth-order valence-corrected chi connectivity index (χ4v) is 3.64. The fraction of sp³-hybridized carbons (Fsp3) is 0.929. The summed E-state index contributed by atoms with van der Waals surface area (Å²) in [4.78, 5) is 4.62. The average molecular weight is 272 g/mol. The predicted octanol–water partition coefficient (Wildman–Crippen LogP) is 3.30. The molecule has 2 atom stereocenters. The number of amidine groups is 1. The number of methoxy groups -OCH3 is 1. The van der Waals surface area contributed by atoms with Crippen molar-refractivity contribution < 1.29 is 4.74 Å². The number of hydrogen-bond donors (Lipinski definition) is 1. The summed E-state index contributed by atoms with van der Waals surface area (Å²) in [6.45, 7) is 10.8. The Bertz CT molecular complexity index is 267. The van der Waals surface area contributed by atoms with Crippen LogP contribution in [-0.4, -0.2) is 36.7 Å². The molecule has 1 aliphatic rings. The fourth-order valence-electron chi connectivity index (χ4n) is 2.21. The van der Waals surface area contributed by atoms with E-state index in [9.17, 15) is 0 Å². The zero-order valence-electron chi connectivity index (χ0n) is 12.5. The second-order valence-corrected chi connectivity index (χ2v) is 7.52. The Kier molecular flexibility index (Phi) is 6.50. The summed E-state index contributed by atoms with van der Waals surface area (Å²) in [6.07, 6.45) is 3.52. The van der Waals surface area contributed by atoms with Gasteiger partial charge in [-0.25, -0.2) is 0 Å². The molecule has 0 aromatic carbocycles. The number of ether oxygens (including phenoxy) is 1. The van der Waals surface area contributed by atoms with Crippen LogP contribution >= 0.6 is 11.8 Å². The van der Waals surface area contributed by atoms with Gasteiger partial charge in [0.1, 0.15) is 0 Å². The Balaban J connectivity index is 2.36. The van der Waals surface area contributed by atoms with Crippen molar-refractivity contribution in [2.75, 3.05) is 20.3 Å². The first kappa shape index (κ1) is 15.8. The molecule has 0 aliphatic carbocycles. The minimum atomic E-state index is 0.387. The molecule has 0 spiro atoms. The summed E-state index contributed by atoms with van der Waals surface area (Å²) in [5.41, 5.74) is 0.387. The van der Waals surface area contributed by atoms with Crippen molar-refractivity contribution >= 4 is 16.9 Å². The second kappa shape index (κ2) is 7.39. The van der Waals surface area contributed by atoms with Crippen LogP contribution in [0.2, 0.25) is 0 Å². The number of thioether (sulfide) groups is 1. The lowest BCUT2D eigenvalue weighted by molar-refractivity contribution is 0.170. The van der Waals surface area contributed by atoms with Crippen LogP contribution < -0.4 is 5.32 Å². The van der Waals surface area contributed by atoms with E-state index < -0.39 is 0 Å². The molecule has 0 bridgehead atoms. The van der Waals surface area contributed by atoms with Gasteiger partial charge in [0.05, 0.1) is 19.2 Å². The van der Waals surface area contributed by atoms with Crippen LogP contribution in [0.4, 0.5) is 0 Å². The molecule has 0 amide bonds. The van der Waals surface area contributed by atoms with Crippen molar-refractivity contribution in [2.24, 2.45) is 10.4 Å². The van der Waals surface area contributed by atoms with Crippen LogP contribution in [0.1, 0.15) is 47.0 Å². The first-order chi connectivity index (χ1) is 8.44. The highest BCUT2D eigenvalue weighted by Gasteiger charge is 2.25. The molecule has 1 N–H and O–H groups in total. The van der Waals surface area contributed by atoms with E-state index >= 15 is 0 Å². The number of rotatable bonds is 6. The Morgan fingerprint density at radius 1 is 1.50 bits per heavy atom. The van der Waals surface area contributed by atoms with Gasteiger partial charge in [-0.1, -0.05) is 45.9 Å². The molecular formula is C14H28N2OS. The van der Waals surface area contributed by atoms with Crippen molar-refractivity contribution in [1.29, 1.82) is 0 Å². The summed E-state index contributed by atoms with van der Waals surface area (Å²) in [5, 5.41) is 5.27. The highest BCUT2D eigenvalue weighted by atomic mass is 32.2. The van der Waals surface area contributed by atoms with Gasteiger partial charge in [0.25, 0.3) is 0 Å². The largest absolute Gasteiger partial charge is 0.383 e. The van der Waals surface area contributed by atoms with Crippen LogP contribution in [0.5, 0.6) is 0 Å². The van der Waals surface area contributed by atoms with E-state index in [0.717, 1.165) is 24.7 Å². The maximum Gasteiger partial charge on any atom is 0.157 e. The summed E-state index contributed by atoms with van der Waals surface area (Å²) >= 11 is 1.90. The third-order valence-electron chi connectivity index (χ3n) is 2.89. The first-order valence-electron chi connectivity index (χ1n) is 6.91. The third kappa shape index (κ3) is 6.10. The molecule has 1 aliphatic heterocycles. The van der Waals surface area contributed by atoms with Crippen LogP contribution in [0.3, 0.4) is 0 Å². The summed E-state index contributed by atoms with van der Waals surface area (Å²) in [7, 11) is 1.76. The highest BCUT2D eigenvalue weighted by molar-refractivity contribution is 8.14. The molecule has 1 heterocycles. The summed E-state index contributed by atoms with van der Waals surface area (Å²) < 4.78 is 5.25. The summed E-state index contributed by atoms with van der Waals surface area (Å²) in [6, 6.07) is 0.402. The van der Waals surface area contributed by atoms with Gasteiger partial charge in [0.2, 0.25) is 0 Å². The van der Waals surface area contributed by atoms with Gasteiger partial charge < -0.3 is 10.1 Å². The SMILES string of the molecule is CCCC(COC)NC1=NCC(CC(C)(C)C)S1.